The standard InChI is InChI=1S/C24H20F3NO4/c1-31-23(29)22(13-17-12-20(26)21(27)14-19(17)25)28(18-10-6-3-7-11-18)24(30)32-15-16-8-4-2-5-9-16/h2-12,14,22H,13,15H2,1H3/t22-/m1/s1. The average Bonchev–Trinajstić information content (AvgIpc) is 2.81. The number of para-hydroxylation sites is 1. The lowest BCUT2D eigenvalue weighted by molar-refractivity contribution is -0.142. The van der Waals surface area contributed by atoms with Crippen LogP contribution in [0.5, 0.6) is 0 Å². The fourth-order valence-corrected chi connectivity index (χ4v) is 3.13. The minimum absolute atomic E-state index is 0.0730. The maximum absolute atomic E-state index is 14.3. The SMILES string of the molecule is COC(=O)[C@@H](Cc1cc(F)c(F)cc1F)N(C(=O)OCc1ccccc1)c1ccccc1. The maximum Gasteiger partial charge on any atom is 0.415 e. The number of amides is 1. The van der Waals surface area contributed by atoms with Crippen molar-refractivity contribution in [1.29, 1.82) is 0 Å². The van der Waals surface area contributed by atoms with Gasteiger partial charge in [-0.15, -0.1) is 0 Å². The third kappa shape index (κ3) is 5.46. The van der Waals surface area contributed by atoms with Gasteiger partial charge in [-0.05, 0) is 29.3 Å². The monoisotopic (exact) mass is 443 g/mol. The molecule has 0 saturated carbocycles. The Kier molecular flexibility index (Phi) is 7.49. The zero-order chi connectivity index (χ0) is 23.1. The van der Waals surface area contributed by atoms with Crippen molar-refractivity contribution in [2.45, 2.75) is 19.1 Å². The van der Waals surface area contributed by atoms with Crippen molar-refractivity contribution in [3.63, 3.8) is 0 Å². The number of anilines is 1. The van der Waals surface area contributed by atoms with Gasteiger partial charge in [-0.25, -0.2) is 22.8 Å². The largest absolute Gasteiger partial charge is 0.467 e. The first-order valence-corrected chi connectivity index (χ1v) is 9.67. The van der Waals surface area contributed by atoms with E-state index in [4.69, 9.17) is 9.47 Å². The van der Waals surface area contributed by atoms with Crippen molar-refractivity contribution in [3.05, 3.63) is 101 Å². The lowest BCUT2D eigenvalue weighted by Crippen LogP contribution is -2.47. The first-order chi connectivity index (χ1) is 15.4. The predicted octanol–water partition coefficient (Wildman–Crippen LogP) is 5.03. The number of hydrogen-bond acceptors (Lipinski definition) is 4. The highest BCUT2D eigenvalue weighted by atomic mass is 19.2. The van der Waals surface area contributed by atoms with Crippen LogP contribution >= 0.6 is 0 Å². The predicted molar refractivity (Wildman–Crippen MR) is 111 cm³/mol. The lowest BCUT2D eigenvalue weighted by atomic mass is 10.0. The molecule has 1 amide bonds. The molecule has 0 unspecified atom stereocenters. The minimum Gasteiger partial charge on any atom is -0.467 e. The number of carbonyl (C=O) groups excluding carboxylic acids is 2. The van der Waals surface area contributed by atoms with Gasteiger partial charge in [-0.2, -0.15) is 0 Å². The minimum atomic E-state index is -1.40. The lowest BCUT2D eigenvalue weighted by Gasteiger charge is -2.29. The summed E-state index contributed by atoms with van der Waals surface area (Å²) in [5.74, 6) is -4.57. The van der Waals surface area contributed by atoms with E-state index in [1.807, 2.05) is 6.07 Å². The summed E-state index contributed by atoms with van der Waals surface area (Å²) >= 11 is 0. The molecule has 0 aliphatic rings. The molecule has 0 spiro atoms. The molecule has 3 rings (SSSR count). The number of ether oxygens (including phenoxy) is 2. The second-order valence-electron chi connectivity index (χ2n) is 6.85. The Morgan fingerprint density at radius 3 is 2.09 bits per heavy atom. The number of halogens is 3. The van der Waals surface area contributed by atoms with Crippen LogP contribution in [0, 0.1) is 17.5 Å². The van der Waals surface area contributed by atoms with E-state index in [-0.39, 0.29) is 17.9 Å². The van der Waals surface area contributed by atoms with Gasteiger partial charge in [0, 0.05) is 18.2 Å². The van der Waals surface area contributed by atoms with Crippen molar-refractivity contribution < 1.29 is 32.2 Å². The highest BCUT2D eigenvalue weighted by molar-refractivity contribution is 5.95. The van der Waals surface area contributed by atoms with Crippen molar-refractivity contribution in [3.8, 4) is 0 Å². The number of benzene rings is 3. The quantitative estimate of drug-likeness (QED) is 0.380. The van der Waals surface area contributed by atoms with E-state index in [1.165, 1.54) is 0 Å². The van der Waals surface area contributed by atoms with Crippen LogP contribution in [0.4, 0.5) is 23.7 Å². The van der Waals surface area contributed by atoms with Gasteiger partial charge in [0.2, 0.25) is 0 Å². The molecular formula is C24H20F3NO4. The molecule has 0 saturated heterocycles. The first kappa shape index (κ1) is 22.9. The average molecular weight is 443 g/mol. The Morgan fingerprint density at radius 1 is 0.875 bits per heavy atom. The first-order valence-electron chi connectivity index (χ1n) is 9.67. The molecule has 1 atom stereocenters. The molecule has 0 bridgehead atoms. The molecule has 0 aliphatic carbocycles. The molecular weight excluding hydrogens is 423 g/mol. The van der Waals surface area contributed by atoms with Crippen LogP contribution in [0.25, 0.3) is 0 Å². The molecule has 166 valence electrons. The summed E-state index contributed by atoms with van der Waals surface area (Å²) in [6.45, 7) is -0.0730. The summed E-state index contributed by atoms with van der Waals surface area (Å²) in [5.41, 5.74) is 0.704. The Bertz CT molecular complexity index is 1080. The molecule has 0 heterocycles. The number of methoxy groups -OCH3 is 1. The van der Waals surface area contributed by atoms with Crippen LogP contribution in [0.3, 0.4) is 0 Å². The molecule has 0 aliphatic heterocycles. The zero-order valence-electron chi connectivity index (χ0n) is 17.1. The van der Waals surface area contributed by atoms with E-state index < -0.39 is 42.0 Å². The third-order valence-electron chi connectivity index (χ3n) is 4.72. The van der Waals surface area contributed by atoms with Gasteiger partial charge in [0.25, 0.3) is 0 Å². The maximum atomic E-state index is 14.3. The molecule has 8 heteroatoms. The Labute approximate surface area is 183 Å². The zero-order valence-corrected chi connectivity index (χ0v) is 17.1. The third-order valence-corrected chi connectivity index (χ3v) is 4.72. The van der Waals surface area contributed by atoms with Gasteiger partial charge in [-0.3, -0.25) is 4.90 Å². The summed E-state index contributed by atoms with van der Waals surface area (Å²) in [7, 11) is 1.11. The van der Waals surface area contributed by atoms with Crippen molar-refractivity contribution in [2.24, 2.45) is 0 Å². The summed E-state index contributed by atoms with van der Waals surface area (Å²) in [5, 5.41) is 0. The van der Waals surface area contributed by atoms with Crippen molar-refractivity contribution in [1.82, 2.24) is 0 Å². The van der Waals surface area contributed by atoms with Gasteiger partial charge in [0.05, 0.1) is 7.11 Å². The second kappa shape index (κ2) is 10.5. The van der Waals surface area contributed by atoms with Gasteiger partial charge in [0.1, 0.15) is 18.5 Å². The van der Waals surface area contributed by atoms with Crippen LogP contribution in [-0.2, 0) is 27.3 Å². The molecule has 0 radical (unpaired) electrons. The molecule has 0 fully saturated rings. The second-order valence-corrected chi connectivity index (χ2v) is 6.85. The summed E-state index contributed by atoms with van der Waals surface area (Å²) in [6.07, 6.45) is -1.36. The molecule has 3 aromatic carbocycles. The van der Waals surface area contributed by atoms with E-state index in [2.05, 4.69) is 0 Å². The van der Waals surface area contributed by atoms with Crippen LogP contribution in [0.2, 0.25) is 0 Å². The van der Waals surface area contributed by atoms with Crippen LogP contribution < -0.4 is 4.90 Å². The summed E-state index contributed by atoms with van der Waals surface area (Å²) in [6, 6.07) is 16.6. The van der Waals surface area contributed by atoms with Gasteiger partial charge < -0.3 is 9.47 Å². The Balaban J connectivity index is 1.96. The van der Waals surface area contributed by atoms with E-state index >= 15 is 0 Å². The van der Waals surface area contributed by atoms with Gasteiger partial charge in [-0.1, -0.05) is 48.5 Å². The van der Waals surface area contributed by atoms with Gasteiger partial charge >= 0.3 is 12.1 Å². The number of hydrogen-bond donors (Lipinski definition) is 0. The van der Waals surface area contributed by atoms with E-state index in [0.29, 0.717) is 12.1 Å². The Morgan fingerprint density at radius 2 is 1.47 bits per heavy atom. The smallest absolute Gasteiger partial charge is 0.415 e. The highest BCUT2D eigenvalue weighted by Crippen LogP contribution is 2.24. The van der Waals surface area contributed by atoms with E-state index in [0.717, 1.165) is 17.6 Å². The van der Waals surface area contributed by atoms with Crippen LogP contribution in [0.1, 0.15) is 11.1 Å². The molecule has 0 N–H and O–H groups in total. The molecule has 3 aromatic rings. The van der Waals surface area contributed by atoms with Crippen LogP contribution in [0.15, 0.2) is 72.8 Å². The fourth-order valence-electron chi connectivity index (χ4n) is 3.13. The van der Waals surface area contributed by atoms with Gasteiger partial charge in [0.15, 0.2) is 11.6 Å². The number of carbonyl (C=O) groups is 2. The number of esters is 1. The molecule has 32 heavy (non-hydrogen) atoms. The highest BCUT2D eigenvalue weighted by Gasteiger charge is 2.34. The topological polar surface area (TPSA) is 55.8 Å². The normalized spacial score (nSPS) is 11.5. The van der Waals surface area contributed by atoms with E-state index in [9.17, 15) is 22.8 Å². The number of rotatable bonds is 7. The van der Waals surface area contributed by atoms with Crippen molar-refractivity contribution in [2.75, 3.05) is 12.0 Å². The Hall–Kier alpha value is -3.81. The summed E-state index contributed by atoms with van der Waals surface area (Å²) < 4.78 is 51.6. The van der Waals surface area contributed by atoms with Crippen LogP contribution in [-0.4, -0.2) is 25.2 Å². The fraction of sp³-hybridized carbons (Fsp3) is 0.167. The summed E-state index contributed by atoms with van der Waals surface area (Å²) in [4.78, 5) is 26.7. The van der Waals surface area contributed by atoms with E-state index in [1.54, 1.807) is 54.6 Å². The van der Waals surface area contributed by atoms with Crippen molar-refractivity contribution >= 4 is 17.7 Å². The molecule has 0 aromatic heterocycles. The molecule has 5 nitrogen and oxygen atoms in total. The number of nitrogens with zero attached hydrogens (tertiary/aromatic N) is 1.